The summed E-state index contributed by atoms with van der Waals surface area (Å²) in [7, 11) is 0. The molecule has 0 aromatic heterocycles. The van der Waals surface area contributed by atoms with Crippen LogP contribution in [0.1, 0.15) is 36.0 Å². The number of nitrogens with zero attached hydrogens (tertiary/aromatic N) is 3. The molecule has 2 aliphatic rings. The summed E-state index contributed by atoms with van der Waals surface area (Å²) < 4.78 is 41.7. The van der Waals surface area contributed by atoms with Gasteiger partial charge in [-0.1, -0.05) is 12.8 Å². The Balaban J connectivity index is 1.69. The molecule has 30 heavy (non-hydrogen) atoms. The van der Waals surface area contributed by atoms with Gasteiger partial charge in [0.2, 0.25) is 5.91 Å². The van der Waals surface area contributed by atoms with Gasteiger partial charge in [-0.25, -0.2) is 0 Å². The Hall–Kier alpha value is -2.85. The van der Waals surface area contributed by atoms with E-state index in [0.29, 0.717) is 13.1 Å². The monoisotopic (exact) mass is 429 g/mol. The van der Waals surface area contributed by atoms with Crippen LogP contribution in [-0.2, 0) is 4.79 Å². The number of piperazine rings is 1. The van der Waals surface area contributed by atoms with Crippen molar-refractivity contribution in [3.63, 3.8) is 0 Å². The molecule has 1 saturated carbocycles. The van der Waals surface area contributed by atoms with E-state index in [1.807, 2.05) is 0 Å². The standard InChI is InChI=1S/C19H22F3N3O5/c20-19(21,22)12-30-14-5-6-16(25(28)29)15(11-14)18(27)24-9-7-23(8-10-24)17(26)13-3-1-2-4-13/h5-6,11,13H,1-4,7-10,12H2. The van der Waals surface area contributed by atoms with Crippen molar-refractivity contribution in [2.24, 2.45) is 5.92 Å². The largest absolute Gasteiger partial charge is 0.484 e. The second-order valence-corrected chi connectivity index (χ2v) is 7.44. The van der Waals surface area contributed by atoms with Gasteiger partial charge in [-0.2, -0.15) is 13.2 Å². The highest BCUT2D eigenvalue weighted by Crippen LogP contribution is 2.29. The van der Waals surface area contributed by atoms with Crippen molar-refractivity contribution in [1.82, 2.24) is 9.80 Å². The van der Waals surface area contributed by atoms with E-state index < -0.39 is 29.3 Å². The fraction of sp³-hybridized carbons (Fsp3) is 0.579. The molecule has 0 radical (unpaired) electrons. The number of halogens is 3. The average Bonchev–Trinajstić information content (AvgIpc) is 3.25. The SMILES string of the molecule is O=C(c1cc(OCC(F)(F)F)ccc1[N+](=O)[O-])N1CCN(C(=O)C2CCCC2)CC1. The topological polar surface area (TPSA) is 93.0 Å². The molecule has 3 rings (SSSR count). The lowest BCUT2D eigenvalue weighted by molar-refractivity contribution is -0.385. The van der Waals surface area contributed by atoms with Crippen LogP contribution in [0, 0.1) is 16.0 Å². The number of hydrogen-bond acceptors (Lipinski definition) is 5. The zero-order valence-corrected chi connectivity index (χ0v) is 16.2. The number of amides is 2. The quantitative estimate of drug-likeness (QED) is 0.530. The summed E-state index contributed by atoms with van der Waals surface area (Å²) in [5.74, 6) is -0.854. The van der Waals surface area contributed by atoms with Crippen LogP contribution in [0.4, 0.5) is 18.9 Å². The Morgan fingerprint density at radius 3 is 2.27 bits per heavy atom. The number of carbonyl (C=O) groups excluding carboxylic acids is 2. The Morgan fingerprint density at radius 2 is 1.70 bits per heavy atom. The maximum Gasteiger partial charge on any atom is 0.422 e. The molecule has 2 amide bonds. The van der Waals surface area contributed by atoms with Crippen LogP contribution in [0.25, 0.3) is 0 Å². The van der Waals surface area contributed by atoms with Gasteiger partial charge in [0.25, 0.3) is 11.6 Å². The first-order valence-electron chi connectivity index (χ1n) is 9.72. The van der Waals surface area contributed by atoms with Crippen molar-refractivity contribution in [2.75, 3.05) is 32.8 Å². The minimum Gasteiger partial charge on any atom is -0.484 e. The van der Waals surface area contributed by atoms with E-state index in [1.54, 1.807) is 4.90 Å². The van der Waals surface area contributed by atoms with Gasteiger partial charge < -0.3 is 14.5 Å². The molecule has 1 aliphatic carbocycles. The van der Waals surface area contributed by atoms with E-state index in [9.17, 15) is 32.9 Å². The molecular weight excluding hydrogens is 407 g/mol. The molecular formula is C19H22F3N3O5. The summed E-state index contributed by atoms with van der Waals surface area (Å²) in [6.07, 6.45) is -0.769. The van der Waals surface area contributed by atoms with Crippen molar-refractivity contribution < 1.29 is 32.4 Å². The molecule has 164 valence electrons. The van der Waals surface area contributed by atoms with Gasteiger partial charge in [0.1, 0.15) is 11.3 Å². The molecule has 1 heterocycles. The number of rotatable bonds is 5. The third-order valence-electron chi connectivity index (χ3n) is 5.38. The minimum absolute atomic E-state index is 0.0239. The first-order valence-corrected chi connectivity index (χ1v) is 9.72. The fourth-order valence-electron chi connectivity index (χ4n) is 3.83. The van der Waals surface area contributed by atoms with Gasteiger partial charge in [-0.05, 0) is 25.0 Å². The lowest BCUT2D eigenvalue weighted by Crippen LogP contribution is -2.51. The summed E-state index contributed by atoms with van der Waals surface area (Å²) in [4.78, 5) is 39.0. The first kappa shape index (κ1) is 21.8. The molecule has 1 aromatic carbocycles. The summed E-state index contributed by atoms with van der Waals surface area (Å²) in [5.41, 5.74) is -0.848. The normalized spacial score (nSPS) is 17.8. The fourth-order valence-corrected chi connectivity index (χ4v) is 3.83. The Morgan fingerprint density at radius 1 is 1.10 bits per heavy atom. The first-order chi connectivity index (χ1) is 14.2. The number of hydrogen-bond donors (Lipinski definition) is 0. The molecule has 8 nitrogen and oxygen atoms in total. The second-order valence-electron chi connectivity index (χ2n) is 7.44. The highest BCUT2D eigenvalue weighted by molar-refractivity contribution is 5.98. The smallest absolute Gasteiger partial charge is 0.422 e. The molecule has 0 N–H and O–H groups in total. The van der Waals surface area contributed by atoms with E-state index >= 15 is 0 Å². The van der Waals surface area contributed by atoms with Gasteiger partial charge in [-0.3, -0.25) is 19.7 Å². The van der Waals surface area contributed by atoms with Crippen LogP contribution in [-0.4, -0.2) is 65.5 Å². The van der Waals surface area contributed by atoms with E-state index in [2.05, 4.69) is 4.74 Å². The predicted octanol–water partition coefficient (Wildman–Crippen LogP) is 3.01. The lowest BCUT2D eigenvalue weighted by Gasteiger charge is -2.36. The van der Waals surface area contributed by atoms with Crippen molar-refractivity contribution in [2.45, 2.75) is 31.9 Å². The van der Waals surface area contributed by atoms with E-state index in [-0.39, 0.29) is 36.2 Å². The predicted molar refractivity (Wildman–Crippen MR) is 99.1 cm³/mol. The molecule has 1 aromatic rings. The summed E-state index contributed by atoms with van der Waals surface area (Å²) in [6.45, 7) is -0.539. The zero-order valence-electron chi connectivity index (χ0n) is 16.2. The molecule has 0 unspecified atom stereocenters. The molecule has 1 saturated heterocycles. The van der Waals surface area contributed by atoms with Gasteiger partial charge in [0.15, 0.2) is 6.61 Å². The number of nitro benzene ring substituents is 1. The van der Waals surface area contributed by atoms with Crippen LogP contribution in [0.2, 0.25) is 0 Å². The van der Waals surface area contributed by atoms with Crippen molar-refractivity contribution in [1.29, 1.82) is 0 Å². The Kier molecular flexibility index (Phi) is 6.47. The Bertz CT molecular complexity index is 816. The number of nitro groups is 1. The van der Waals surface area contributed by atoms with Crippen molar-refractivity contribution >= 4 is 17.5 Å². The number of carbonyl (C=O) groups is 2. The maximum absolute atomic E-state index is 12.9. The van der Waals surface area contributed by atoms with Crippen LogP contribution >= 0.6 is 0 Å². The van der Waals surface area contributed by atoms with E-state index in [4.69, 9.17) is 0 Å². The summed E-state index contributed by atoms with van der Waals surface area (Å²) in [6, 6.07) is 2.94. The van der Waals surface area contributed by atoms with Gasteiger partial charge in [0.05, 0.1) is 4.92 Å². The van der Waals surface area contributed by atoms with Gasteiger partial charge in [-0.15, -0.1) is 0 Å². The molecule has 0 atom stereocenters. The average molecular weight is 429 g/mol. The van der Waals surface area contributed by atoms with E-state index in [1.165, 1.54) is 4.90 Å². The molecule has 0 spiro atoms. The summed E-state index contributed by atoms with van der Waals surface area (Å²) >= 11 is 0. The number of ether oxygens (including phenoxy) is 1. The van der Waals surface area contributed by atoms with Crippen LogP contribution in [0.5, 0.6) is 5.75 Å². The highest BCUT2D eigenvalue weighted by Gasteiger charge is 2.33. The van der Waals surface area contributed by atoms with Gasteiger partial charge in [0, 0.05) is 38.2 Å². The van der Waals surface area contributed by atoms with E-state index in [0.717, 1.165) is 43.9 Å². The summed E-state index contributed by atoms with van der Waals surface area (Å²) in [5, 5.41) is 11.3. The van der Waals surface area contributed by atoms with Crippen LogP contribution < -0.4 is 4.74 Å². The third-order valence-corrected chi connectivity index (χ3v) is 5.38. The minimum atomic E-state index is -4.58. The third kappa shape index (κ3) is 5.19. The molecule has 1 aliphatic heterocycles. The second kappa shape index (κ2) is 8.88. The number of alkyl halides is 3. The van der Waals surface area contributed by atoms with Crippen LogP contribution in [0.15, 0.2) is 18.2 Å². The van der Waals surface area contributed by atoms with Crippen LogP contribution in [0.3, 0.4) is 0 Å². The highest BCUT2D eigenvalue weighted by atomic mass is 19.4. The Labute approximate surface area is 170 Å². The lowest BCUT2D eigenvalue weighted by atomic mass is 10.1. The maximum atomic E-state index is 12.9. The number of benzene rings is 1. The zero-order chi connectivity index (χ0) is 21.9. The van der Waals surface area contributed by atoms with Gasteiger partial charge >= 0.3 is 6.18 Å². The molecule has 11 heteroatoms. The van der Waals surface area contributed by atoms with Crippen molar-refractivity contribution in [3.05, 3.63) is 33.9 Å². The molecule has 0 bridgehead atoms. The van der Waals surface area contributed by atoms with Crippen molar-refractivity contribution in [3.8, 4) is 5.75 Å². The molecule has 2 fully saturated rings.